The molecule has 0 spiro atoms. The first-order valence-electron chi connectivity index (χ1n) is 30.0. The summed E-state index contributed by atoms with van der Waals surface area (Å²) in [5, 5.41) is 3.27. The Labute approximate surface area is 508 Å². The highest BCUT2D eigenvalue weighted by Gasteiger charge is 2.48. The summed E-state index contributed by atoms with van der Waals surface area (Å²) >= 11 is 1.95. The van der Waals surface area contributed by atoms with Gasteiger partial charge in [0, 0.05) is 88.8 Å². The second-order valence-electron chi connectivity index (χ2n) is 26.3. The molecule has 8 heteroatoms. The van der Waals surface area contributed by atoms with Crippen molar-refractivity contribution in [3.05, 3.63) is 254 Å². The number of furan rings is 1. The predicted octanol–water partition coefficient (Wildman–Crippen LogP) is 20.0. The molecule has 2 aliphatic rings. The summed E-state index contributed by atoms with van der Waals surface area (Å²) < 4.78 is 9.55. The smallest absolute Gasteiger partial charge is 0.264 e. The summed E-state index contributed by atoms with van der Waals surface area (Å²) in [5.41, 5.74) is 22.7. The Morgan fingerprint density at radius 1 is 0.430 bits per heavy atom. The largest absolute Gasteiger partial charge is 0.464 e. The number of thiophene rings is 1. The minimum Gasteiger partial charge on any atom is -0.464 e. The number of rotatable bonds is 8. The van der Waals surface area contributed by atoms with Gasteiger partial charge in [-0.15, -0.1) is 11.3 Å². The van der Waals surface area contributed by atoms with Crippen LogP contribution in [0.4, 0.5) is 51.2 Å². The van der Waals surface area contributed by atoms with Crippen molar-refractivity contribution >= 4 is 117 Å². The van der Waals surface area contributed by atoms with Gasteiger partial charge in [-0.05, 0) is 152 Å². The molecule has 0 amide bonds. The molecule has 86 heavy (non-hydrogen) atoms. The molecular formula is C78H66BN5OS. The molecule has 9 aromatic carbocycles. The van der Waals surface area contributed by atoms with Crippen LogP contribution in [0.5, 0.6) is 0 Å². The number of anilines is 9. The monoisotopic (exact) mass is 1130 g/mol. The average Bonchev–Trinajstić information content (AvgIpc) is 1.20. The normalized spacial score (nSPS) is 13.1. The van der Waals surface area contributed by atoms with Crippen molar-refractivity contribution in [3.8, 4) is 33.6 Å². The van der Waals surface area contributed by atoms with Gasteiger partial charge in [0.25, 0.3) is 6.71 Å². The molecule has 0 radical (unpaired) electrons. The van der Waals surface area contributed by atoms with E-state index in [0.717, 1.165) is 101 Å². The van der Waals surface area contributed by atoms with E-state index in [-0.39, 0.29) is 23.0 Å². The van der Waals surface area contributed by atoms with Crippen LogP contribution in [-0.4, -0.2) is 16.7 Å². The van der Waals surface area contributed by atoms with Crippen molar-refractivity contribution in [3.63, 3.8) is 0 Å². The van der Waals surface area contributed by atoms with Crippen molar-refractivity contribution in [2.75, 3.05) is 14.7 Å². The number of nitrogens with zero attached hydrogens (tertiary/aromatic N) is 5. The van der Waals surface area contributed by atoms with Gasteiger partial charge in [-0.3, -0.25) is 9.97 Å². The number of benzene rings is 9. The topological polar surface area (TPSA) is 48.6 Å². The standard InChI is InChI=1S/C78H66BN5OS/c1-76(2,3)53-34-36-60-69(46-53)86-75-74(60)84(73-61(50-26-16-11-17-27-50)42-54(77(4,5)6)43-62(73)68-41-52(48-85-68)49-24-14-10-15-25-49)67-45-55(78(7,8)9)44-66-70(67)79(75)63-37-35-58(82(56-29-18-12-19-30-56)57-31-20-13-21-32-57)47-65(63)83(66)64-40-51-28-22-38-80-71(51)72-59(64)33-23-39-81-72/h10-48H,1-9H3. The van der Waals surface area contributed by atoms with E-state index in [1.54, 1.807) is 0 Å². The van der Waals surface area contributed by atoms with E-state index < -0.39 is 0 Å². The lowest BCUT2D eigenvalue weighted by molar-refractivity contribution is 0.579. The fourth-order valence-corrected chi connectivity index (χ4v) is 14.5. The van der Waals surface area contributed by atoms with Crippen LogP contribution in [0.2, 0.25) is 0 Å². The summed E-state index contributed by atoms with van der Waals surface area (Å²) in [6.45, 7) is 20.8. The average molecular weight is 1130 g/mol. The molecule has 0 N–H and O–H groups in total. The maximum atomic E-state index is 6.99. The van der Waals surface area contributed by atoms with Crippen LogP contribution in [-0.2, 0) is 16.2 Å². The zero-order valence-corrected chi connectivity index (χ0v) is 51.0. The fraction of sp³-hybridized carbons (Fsp3) is 0.154. The number of hydrogen-bond donors (Lipinski definition) is 0. The Morgan fingerprint density at radius 2 is 1.02 bits per heavy atom. The lowest BCUT2D eigenvalue weighted by atomic mass is 9.36. The van der Waals surface area contributed by atoms with Crippen molar-refractivity contribution in [1.82, 2.24) is 9.97 Å². The maximum absolute atomic E-state index is 6.99. The van der Waals surface area contributed by atoms with E-state index in [1.165, 1.54) is 48.2 Å². The van der Waals surface area contributed by atoms with Gasteiger partial charge in [0.15, 0.2) is 0 Å². The van der Waals surface area contributed by atoms with Crippen LogP contribution >= 0.6 is 11.3 Å². The van der Waals surface area contributed by atoms with Crippen LogP contribution in [0.3, 0.4) is 0 Å². The maximum Gasteiger partial charge on any atom is 0.264 e. The Hall–Kier alpha value is -9.50. The van der Waals surface area contributed by atoms with Crippen molar-refractivity contribution in [2.24, 2.45) is 0 Å². The van der Waals surface area contributed by atoms with Gasteiger partial charge in [0.2, 0.25) is 0 Å². The van der Waals surface area contributed by atoms with E-state index >= 15 is 0 Å². The lowest BCUT2D eigenvalue weighted by Gasteiger charge is -2.45. The Kier molecular flexibility index (Phi) is 12.4. The molecule has 13 aromatic rings. The number of para-hydroxylation sites is 2. The first kappa shape index (κ1) is 53.2. The Balaban J connectivity index is 1.12. The third-order valence-corrected chi connectivity index (χ3v) is 18.8. The molecule has 6 heterocycles. The third-order valence-electron chi connectivity index (χ3n) is 17.6. The minimum atomic E-state index is -0.291. The zero-order valence-electron chi connectivity index (χ0n) is 50.1. The van der Waals surface area contributed by atoms with E-state index in [0.29, 0.717) is 0 Å². The Bertz CT molecular complexity index is 4740. The number of hydrogen-bond acceptors (Lipinski definition) is 7. The summed E-state index contributed by atoms with van der Waals surface area (Å²) in [6.07, 6.45) is 5.72. The molecule has 0 atom stereocenters. The van der Waals surface area contributed by atoms with Gasteiger partial charge in [-0.1, -0.05) is 184 Å². The molecular weight excluding hydrogens is 1070 g/mol. The number of pyridine rings is 2. The van der Waals surface area contributed by atoms with Crippen molar-refractivity contribution in [2.45, 2.75) is 78.6 Å². The molecule has 0 fully saturated rings. The van der Waals surface area contributed by atoms with Crippen LogP contribution in [0.15, 0.2) is 241 Å². The number of aromatic nitrogens is 2. The Morgan fingerprint density at radius 3 is 1.69 bits per heavy atom. The predicted molar refractivity (Wildman–Crippen MR) is 366 cm³/mol. The van der Waals surface area contributed by atoms with Crippen LogP contribution in [0, 0.1) is 0 Å². The quantitative estimate of drug-likeness (QED) is 0.112. The van der Waals surface area contributed by atoms with Crippen LogP contribution in [0.1, 0.15) is 79.0 Å². The highest BCUT2D eigenvalue weighted by atomic mass is 32.1. The molecule has 0 saturated heterocycles. The van der Waals surface area contributed by atoms with Crippen molar-refractivity contribution in [1.29, 1.82) is 0 Å². The van der Waals surface area contributed by atoms with E-state index in [9.17, 15) is 0 Å². The van der Waals surface area contributed by atoms with Gasteiger partial charge in [0.05, 0.1) is 34.4 Å². The highest BCUT2D eigenvalue weighted by molar-refractivity contribution is 7.33. The van der Waals surface area contributed by atoms with E-state index in [1.807, 2.05) is 36.1 Å². The van der Waals surface area contributed by atoms with Crippen LogP contribution in [0.25, 0.3) is 65.5 Å². The van der Waals surface area contributed by atoms with E-state index in [2.05, 4.69) is 289 Å². The first-order valence-corrected chi connectivity index (χ1v) is 30.8. The summed E-state index contributed by atoms with van der Waals surface area (Å²) in [6, 6.07) is 80.7. The van der Waals surface area contributed by atoms with Gasteiger partial charge in [0.1, 0.15) is 5.76 Å². The fourth-order valence-electron chi connectivity index (χ4n) is 13.1. The second-order valence-corrected chi connectivity index (χ2v) is 27.4. The summed E-state index contributed by atoms with van der Waals surface area (Å²) in [5.74, 6) is 0.811. The zero-order chi connectivity index (χ0) is 58.8. The molecule has 4 aromatic heterocycles. The molecule has 2 aliphatic heterocycles. The molecule has 0 unspecified atom stereocenters. The second kappa shape index (κ2) is 20.1. The molecule has 0 saturated carbocycles. The SMILES string of the molecule is CC(C)(C)c1cc(-c2ccccc2)c(N2c3cc(C(C)(C)C)cc4c3B(c3ccc(N(c5ccccc5)c5ccccc5)cc3N4c3cc4cccnc4c4ncccc34)c3sc4cc(C(C)(C)C)ccc4c32)c(-c2cc(-c3ccccc3)co2)c1. The number of fused-ring (bicyclic) bond motifs is 9. The molecule has 418 valence electrons. The van der Waals surface area contributed by atoms with Gasteiger partial charge < -0.3 is 19.1 Å². The molecule has 15 rings (SSSR count). The van der Waals surface area contributed by atoms with Gasteiger partial charge in [-0.2, -0.15) is 0 Å². The molecule has 0 aliphatic carbocycles. The summed E-state index contributed by atoms with van der Waals surface area (Å²) in [7, 11) is 0. The minimum absolute atomic E-state index is 0.0764. The lowest BCUT2D eigenvalue weighted by Crippen LogP contribution is -2.60. The van der Waals surface area contributed by atoms with Gasteiger partial charge >= 0.3 is 0 Å². The highest BCUT2D eigenvalue weighted by Crippen LogP contribution is 2.56. The third kappa shape index (κ3) is 8.83. The van der Waals surface area contributed by atoms with Crippen LogP contribution < -0.4 is 30.4 Å². The molecule has 0 bridgehead atoms. The molecule has 6 nitrogen and oxygen atoms in total. The van der Waals surface area contributed by atoms with Gasteiger partial charge in [-0.25, -0.2) is 0 Å². The summed E-state index contributed by atoms with van der Waals surface area (Å²) in [4.78, 5) is 17.8. The first-order chi connectivity index (χ1) is 41.6. The van der Waals surface area contributed by atoms with Crippen molar-refractivity contribution < 1.29 is 4.42 Å². The van der Waals surface area contributed by atoms with E-state index in [4.69, 9.17) is 14.4 Å².